The highest BCUT2D eigenvalue weighted by Gasteiger charge is 2.34. The molecule has 0 bridgehead atoms. The average molecular weight is 882 g/mol. The molecule has 0 aliphatic carbocycles. The minimum atomic E-state index is -4.61. The second kappa shape index (κ2) is 16.8. The summed E-state index contributed by atoms with van der Waals surface area (Å²) in [5.74, 6) is -0.998. The normalized spacial score (nSPS) is 12.5. The quantitative estimate of drug-likeness (QED) is 0.121. The van der Waals surface area contributed by atoms with Crippen LogP contribution in [-0.4, -0.2) is 69.6 Å². The van der Waals surface area contributed by atoms with Gasteiger partial charge in [-0.15, -0.1) is 0 Å². The molecule has 2 unspecified atom stereocenters. The molecule has 0 radical (unpaired) electrons. The number of halogens is 4. The van der Waals surface area contributed by atoms with Crippen LogP contribution in [0.5, 0.6) is 23.0 Å². The Morgan fingerprint density at radius 3 is 1.42 bits per heavy atom. The van der Waals surface area contributed by atoms with E-state index in [1.807, 2.05) is 0 Å². The van der Waals surface area contributed by atoms with Gasteiger partial charge in [0.2, 0.25) is 9.84 Å². The highest BCUT2D eigenvalue weighted by molar-refractivity contribution is 9.11. The van der Waals surface area contributed by atoms with Gasteiger partial charge in [-0.05, 0) is 89.7 Å². The van der Waals surface area contributed by atoms with E-state index >= 15 is 0 Å². The van der Waals surface area contributed by atoms with E-state index in [-0.39, 0.29) is 67.3 Å². The fourth-order valence-electron chi connectivity index (χ4n) is 2.99. The lowest BCUT2D eigenvalue weighted by molar-refractivity contribution is 0.107. The lowest BCUT2D eigenvalue weighted by atomic mass is 10.3. The number of benzene rings is 2. The Kier molecular flexibility index (Phi) is 14.5. The zero-order valence-electron chi connectivity index (χ0n) is 22.6. The molecular weight excluding hydrogens is 856 g/mol. The van der Waals surface area contributed by atoms with Crippen molar-refractivity contribution in [3.8, 4) is 23.0 Å². The van der Waals surface area contributed by atoms with E-state index in [4.69, 9.17) is 28.4 Å². The van der Waals surface area contributed by atoms with Crippen LogP contribution >= 0.6 is 63.7 Å². The predicted octanol–water partition coefficient (Wildman–Crippen LogP) is 6.49. The number of hydrogen-bond acceptors (Lipinski definition) is 12. The van der Waals surface area contributed by atoms with Crippen LogP contribution in [0.1, 0.15) is 13.8 Å². The van der Waals surface area contributed by atoms with Crippen LogP contribution in [-0.2, 0) is 19.3 Å². The molecule has 2 rings (SSSR count). The summed E-state index contributed by atoms with van der Waals surface area (Å²) in [7, 11) is -4.61. The van der Waals surface area contributed by atoms with E-state index in [1.165, 1.54) is 26.0 Å². The molecule has 0 heterocycles. The monoisotopic (exact) mass is 878 g/mol. The van der Waals surface area contributed by atoms with Crippen molar-refractivity contribution in [2.24, 2.45) is 0 Å². The van der Waals surface area contributed by atoms with Crippen LogP contribution in [0.4, 0.5) is 9.59 Å². The van der Waals surface area contributed by atoms with Crippen LogP contribution in [0.15, 0.2) is 65.1 Å². The number of sulfone groups is 1. The van der Waals surface area contributed by atoms with Crippen molar-refractivity contribution in [1.29, 1.82) is 0 Å². The Balaban J connectivity index is 2.81. The molecule has 12 nitrogen and oxygen atoms in total. The number of hydrogen-bond donors (Lipinski definition) is 2. The summed E-state index contributed by atoms with van der Waals surface area (Å²) in [6.07, 6.45) is -1.60. The molecule has 2 aromatic carbocycles. The van der Waals surface area contributed by atoms with Gasteiger partial charge in [-0.1, -0.05) is 25.3 Å². The first-order chi connectivity index (χ1) is 20.1. The smallest absolute Gasteiger partial charge is 0.488 e. The number of ether oxygens (including phenoxy) is 6. The van der Waals surface area contributed by atoms with Crippen molar-refractivity contribution < 1.29 is 56.6 Å². The van der Waals surface area contributed by atoms with Gasteiger partial charge in [-0.25, -0.2) is 18.0 Å². The van der Waals surface area contributed by atoms with Crippen LogP contribution < -0.4 is 18.9 Å². The largest absolute Gasteiger partial charge is 0.514 e. The predicted molar refractivity (Wildman–Crippen MR) is 168 cm³/mol. The summed E-state index contributed by atoms with van der Waals surface area (Å²) < 4.78 is 59.8. The third-order valence-electron chi connectivity index (χ3n) is 4.72. The standard InChI is InChI=1S/C26H26Br4O12S/c1-5-7-37-25(33)41-21-15(27)9-17(23(19(21)29)39-11-13(3)31)43(35,36)18-10-16(28)22(42-26(34)38-8-6-2)20(30)24(18)40-12-14(4)32/h5-6,9-10,13-14,31-32H,1-2,7-8,11-12H2,3-4H3. The number of carbonyl (C=O) groups excluding carboxylic acids is 2. The van der Waals surface area contributed by atoms with Crippen LogP contribution in [0, 0.1) is 0 Å². The first kappa shape index (κ1) is 37.0. The zero-order chi connectivity index (χ0) is 32.5. The second-order valence-corrected chi connectivity index (χ2v) is 13.6. The fourth-order valence-corrected chi connectivity index (χ4v) is 7.94. The maximum Gasteiger partial charge on any atom is 0.514 e. The van der Waals surface area contributed by atoms with Crippen molar-refractivity contribution in [2.75, 3.05) is 26.4 Å². The molecule has 43 heavy (non-hydrogen) atoms. The summed E-state index contributed by atoms with van der Waals surface area (Å²) in [5.41, 5.74) is 0. The maximum absolute atomic E-state index is 14.3. The van der Waals surface area contributed by atoms with E-state index in [0.717, 1.165) is 12.1 Å². The maximum atomic E-state index is 14.3. The van der Waals surface area contributed by atoms with Gasteiger partial charge in [0.05, 0.1) is 21.2 Å². The Morgan fingerprint density at radius 1 is 0.767 bits per heavy atom. The molecular formula is C26H26Br4O12S. The van der Waals surface area contributed by atoms with Crippen molar-refractivity contribution in [1.82, 2.24) is 0 Å². The third kappa shape index (κ3) is 9.92. The van der Waals surface area contributed by atoms with Gasteiger partial charge in [0.15, 0.2) is 23.0 Å². The van der Waals surface area contributed by atoms with E-state index in [9.17, 15) is 28.2 Å². The number of rotatable bonds is 14. The summed E-state index contributed by atoms with van der Waals surface area (Å²) in [5, 5.41) is 19.7. The molecule has 17 heteroatoms. The van der Waals surface area contributed by atoms with Gasteiger partial charge < -0.3 is 38.6 Å². The van der Waals surface area contributed by atoms with Crippen molar-refractivity contribution in [3.05, 3.63) is 55.3 Å². The summed E-state index contributed by atoms with van der Waals surface area (Å²) in [6.45, 7) is 8.74. The van der Waals surface area contributed by atoms with Gasteiger partial charge in [0.1, 0.15) is 45.2 Å². The zero-order valence-corrected chi connectivity index (χ0v) is 29.8. The van der Waals surface area contributed by atoms with Gasteiger partial charge in [0.25, 0.3) is 0 Å². The first-order valence-electron chi connectivity index (χ1n) is 12.0. The molecule has 0 saturated carbocycles. The number of aliphatic hydroxyl groups excluding tert-OH is 2. The lowest BCUT2D eigenvalue weighted by Gasteiger charge is -2.21. The average Bonchev–Trinajstić information content (AvgIpc) is 2.93. The van der Waals surface area contributed by atoms with Crippen molar-refractivity contribution >= 4 is 85.9 Å². The number of aliphatic hydroxyl groups is 2. The summed E-state index contributed by atoms with van der Waals surface area (Å²) >= 11 is 12.9. The Hall–Kier alpha value is -2.15. The molecule has 0 aliphatic heterocycles. The molecule has 0 amide bonds. The molecule has 0 aromatic heterocycles. The van der Waals surface area contributed by atoms with Crippen LogP contribution in [0.25, 0.3) is 0 Å². The first-order valence-corrected chi connectivity index (χ1v) is 16.6. The summed E-state index contributed by atoms with van der Waals surface area (Å²) in [4.78, 5) is 23.4. The van der Waals surface area contributed by atoms with Crippen LogP contribution in [0.2, 0.25) is 0 Å². The van der Waals surface area contributed by atoms with E-state index in [0.29, 0.717) is 0 Å². The molecule has 2 N–H and O–H groups in total. The minimum absolute atomic E-state index is 0.00685. The second-order valence-electron chi connectivity index (χ2n) is 8.38. The molecule has 0 aliphatic rings. The molecule has 0 fully saturated rings. The minimum Gasteiger partial charge on any atom is -0.488 e. The Labute approximate surface area is 281 Å². The Morgan fingerprint density at radius 2 is 1.12 bits per heavy atom. The summed E-state index contributed by atoms with van der Waals surface area (Å²) in [6, 6.07) is 2.23. The van der Waals surface area contributed by atoms with Crippen molar-refractivity contribution in [2.45, 2.75) is 35.8 Å². The van der Waals surface area contributed by atoms with Gasteiger partial charge in [0, 0.05) is 0 Å². The molecule has 236 valence electrons. The molecule has 2 atom stereocenters. The Bertz CT molecular complexity index is 1370. The highest BCUT2D eigenvalue weighted by atomic mass is 79.9. The SMILES string of the molecule is C=CCOC(=O)Oc1c(Br)cc(S(=O)(=O)c2cc(Br)c(OC(=O)OCC=C)c(Br)c2OCC(C)O)c(OCC(C)O)c1Br. The van der Waals surface area contributed by atoms with E-state index in [1.54, 1.807) is 0 Å². The topological polar surface area (TPSA) is 164 Å². The van der Waals surface area contributed by atoms with Gasteiger partial charge >= 0.3 is 12.3 Å². The molecule has 2 aromatic rings. The molecule has 0 saturated heterocycles. The van der Waals surface area contributed by atoms with Gasteiger partial charge in [-0.3, -0.25) is 0 Å². The fraction of sp³-hybridized carbons (Fsp3) is 0.308. The van der Waals surface area contributed by atoms with Crippen molar-refractivity contribution in [3.63, 3.8) is 0 Å². The lowest BCUT2D eigenvalue weighted by Crippen LogP contribution is -2.18. The third-order valence-corrected chi connectivity index (χ3v) is 9.10. The highest BCUT2D eigenvalue weighted by Crippen LogP contribution is 2.50. The van der Waals surface area contributed by atoms with Gasteiger partial charge in [-0.2, -0.15) is 0 Å². The number of carbonyl (C=O) groups is 2. The van der Waals surface area contributed by atoms with Crippen LogP contribution in [0.3, 0.4) is 0 Å². The van der Waals surface area contributed by atoms with E-state index < -0.39 is 44.1 Å². The molecule has 0 spiro atoms. The van der Waals surface area contributed by atoms with E-state index in [2.05, 4.69) is 76.9 Å².